The third-order valence-corrected chi connectivity index (χ3v) is 5.11. The Morgan fingerprint density at radius 2 is 1.77 bits per heavy atom. The fourth-order valence-electron chi connectivity index (χ4n) is 3.64. The first kappa shape index (κ1) is 19.0. The third kappa shape index (κ3) is 5.31. The molecule has 1 heterocycles. The molecule has 4 heteroatoms. The Balaban J connectivity index is 2.31. The topological polar surface area (TPSA) is 49.8 Å². The summed E-state index contributed by atoms with van der Waals surface area (Å²) in [5.74, 6) is -0.159. The minimum Gasteiger partial charge on any atom is -0.501 e. The molecular formula is C18H33NO3. The molecule has 1 rings (SSSR count). The van der Waals surface area contributed by atoms with E-state index < -0.39 is 5.97 Å². The minimum absolute atomic E-state index is 0.249. The molecule has 4 nitrogen and oxygen atoms in total. The zero-order valence-corrected chi connectivity index (χ0v) is 15.1. The van der Waals surface area contributed by atoms with Gasteiger partial charge in [0.05, 0.1) is 18.4 Å². The Bertz CT molecular complexity index is 395. The number of unbranched alkanes of at least 4 members (excludes halogenated alkanes) is 1. The molecule has 1 saturated heterocycles. The second kappa shape index (κ2) is 7.49. The molecule has 0 bridgehead atoms. The Labute approximate surface area is 135 Å². The molecule has 0 atom stereocenters. The Morgan fingerprint density at radius 1 is 1.23 bits per heavy atom. The number of likely N-dealkylation sites (tertiary alicyclic amines) is 1. The maximum atomic E-state index is 10.6. The van der Waals surface area contributed by atoms with Gasteiger partial charge < -0.3 is 9.84 Å². The fraction of sp³-hybridized carbons (Fsp3) is 0.833. The molecular weight excluding hydrogens is 278 g/mol. The van der Waals surface area contributed by atoms with Crippen molar-refractivity contribution in [1.82, 2.24) is 4.90 Å². The van der Waals surface area contributed by atoms with Gasteiger partial charge in [0.2, 0.25) is 0 Å². The van der Waals surface area contributed by atoms with Crippen LogP contribution in [-0.2, 0) is 9.53 Å². The lowest BCUT2D eigenvalue weighted by Gasteiger charge is -2.54. The molecule has 128 valence electrons. The molecule has 0 radical (unpaired) electrons. The molecule has 1 fully saturated rings. The van der Waals surface area contributed by atoms with Crippen LogP contribution in [0.2, 0.25) is 0 Å². The molecule has 1 N–H and O–H groups in total. The van der Waals surface area contributed by atoms with Gasteiger partial charge >= 0.3 is 5.97 Å². The smallest absolute Gasteiger partial charge is 0.334 e. The average Bonchev–Trinajstić information content (AvgIpc) is 2.38. The van der Waals surface area contributed by atoms with E-state index >= 15 is 0 Å². The highest BCUT2D eigenvalue weighted by Gasteiger charge is 2.42. The van der Waals surface area contributed by atoms with E-state index in [0.717, 1.165) is 18.8 Å². The Kier molecular flexibility index (Phi) is 6.48. The van der Waals surface area contributed by atoms with Crippen LogP contribution in [-0.4, -0.2) is 40.7 Å². The van der Waals surface area contributed by atoms with Crippen LogP contribution in [0, 0.1) is 5.92 Å². The Hall–Kier alpha value is -1.03. The minimum atomic E-state index is -0.921. The summed E-state index contributed by atoms with van der Waals surface area (Å²) in [7, 11) is 2.24. The lowest BCUT2D eigenvalue weighted by atomic mass is 9.72. The van der Waals surface area contributed by atoms with Gasteiger partial charge in [0.25, 0.3) is 0 Å². The van der Waals surface area contributed by atoms with E-state index in [0.29, 0.717) is 6.61 Å². The molecule has 0 aromatic rings. The zero-order chi connectivity index (χ0) is 17.0. The van der Waals surface area contributed by atoms with Crippen LogP contribution >= 0.6 is 0 Å². The summed E-state index contributed by atoms with van der Waals surface area (Å²) < 4.78 is 5.29. The SMILES string of the molecule is CC(=COCCCCC1CC(C)(C)N(C)C(C)(C)C1)C(=O)O. The van der Waals surface area contributed by atoms with Crippen molar-refractivity contribution in [1.29, 1.82) is 0 Å². The van der Waals surface area contributed by atoms with Crippen molar-refractivity contribution >= 4 is 5.97 Å². The quantitative estimate of drug-likeness (QED) is 0.437. The van der Waals surface area contributed by atoms with Gasteiger partial charge in [-0.15, -0.1) is 0 Å². The van der Waals surface area contributed by atoms with E-state index in [4.69, 9.17) is 9.84 Å². The summed E-state index contributed by atoms with van der Waals surface area (Å²) in [6.45, 7) is 11.5. The van der Waals surface area contributed by atoms with Gasteiger partial charge in [-0.05, 0) is 73.3 Å². The summed E-state index contributed by atoms with van der Waals surface area (Å²) in [5.41, 5.74) is 0.757. The van der Waals surface area contributed by atoms with Gasteiger partial charge in [-0.25, -0.2) is 4.79 Å². The van der Waals surface area contributed by atoms with E-state index in [1.807, 2.05) is 0 Å². The number of ether oxygens (including phenoxy) is 1. The molecule has 22 heavy (non-hydrogen) atoms. The van der Waals surface area contributed by atoms with Crippen LogP contribution in [0.4, 0.5) is 0 Å². The van der Waals surface area contributed by atoms with Crippen molar-refractivity contribution in [3.63, 3.8) is 0 Å². The van der Waals surface area contributed by atoms with Gasteiger partial charge in [0.1, 0.15) is 0 Å². The van der Waals surface area contributed by atoms with E-state index in [1.165, 1.54) is 25.5 Å². The van der Waals surface area contributed by atoms with Gasteiger partial charge in [0, 0.05) is 11.1 Å². The average molecular weight is 311 g/mol. The van der Waals surface area contributed by atoms with E-state index in [-0.39, 0.29) is 16.7 Å². The second-order valence-electron chi connectivity index (χ2n) is 7.93. The Morgan fingerprint density at radius 3 is 2.27 bits per heavy atom. The van der Waals surface area contributed by atoms with Gasteiger partial charge in [-0.2, -0.15) is 0 Å². The van der Waals surface area contributed by atoms with Crippen molar-refractivity contribution < 1.29 is 14.6 Å². The number of hydrogen-bond donors (Lipinski definition) is 1. The van der Waals surface area contributed by atoms with Crippen molar-refractivity contribution in [2.24, 2.45) is 5.92 Å². The highest BCUT2D eigenvalue weighted by atomic mass is 16.5. The zero-order valence-electron chi connectivity index (χ0n) is 15.1. The van der Waals surface area contributed by atoms with Crippen molar-refractivity contribution in [2.75, 3.05) is 13.7 Å². The normalized spacial score (nSPS) is 22.5. The van der Waals surface area contributed by atoms with Crippen molar-refractivity contribution in [2.45, 2.75) is 77.8 Å². The standard InChI is InChI=1S/C18H33NO3/c1-14(16(20)21)13-22-10-8-7-9-15-11-17(2,3)19(6)18(4,5)12-15/h13,15H,7-12H2,1-6H3,(H,20,21). The van der Waals surface area contributed by atoms with Crippen LogP contribution < -0.4 is 0 Å². The third-order valence-electron chi connectivity index (χ3n) is 5.11. The molecule has 1 aliphatic heterocycles. The predicted octanol–water partition coefficient (Wildman–Crippen LogP) is 4.06. The number of carboxylic acid groups (broad SMARTS) is 1. The summed E-state index contributed by atoms with van der Waals surface area (Å²) in [6.07, 6.45) is 7.19. The largest absolute Gasteiger partial charge is 0.501 e. The molecule has 1 aliphatic rings. The number of nitrogens with zero attached hydrogens (tertiary/aromatic N) is 1. The van der Waals surface area contributed by atoms with E-state index in [2.05, 4.69) is 39.6 Å². The molecule has 0 amide bonds. The van der Waals surface area contributed by atoms with Crippen LogP contribution in [0.5, 0.6) is 0 Å². The summed E-state index contributed by atoms with van der Waals surface area (Å²) in [5, 5.41) is 8.72. The highest BCUT2D eigenvalue weighted by Crippen LogP contribution is 2.41. The summed E-state index contributed by atoms with van der Waals surface area (Å²) in [6, 6.07) is 0. The fourth-order valence-corrected chi connectivity index (χ4v) is 3.64. The van der Waals surface area contributed by atoms with E-state index in [1.54, 1.807) is 6.92 Å². The number of carbonyl (C=O) groups is 1. The van der Waals surface area contributed by atoms with Gasteiger partial charge in [-0.3, -0.25) is 4.90 Å². The maximum Gasteiger partial charge on any atom is 0.334 e. The van der Waals surface area contributed by atoms with Crippen LogP contribution in [0.1, 0.15) is 66.7 Å². The number of rotatable bonds is 7. The number of carboxylic acids is 1. The number of piperidine rings is 1. The van der Waals surface area contributed by atoms with E-state index in [9.17, 15) is 4.79 Å². The van der Waals surface area contributed by atoms with Crippen LogP contribution in [0.25, 0.3) is 0 Å². The first-order valence-corrected chi connectivity index (χ1v) is 8.32. The molecule has 0 aliphatic carbocycles. The monoisotopic (exact) mass is 311 g/mol. The first-order chi connectivity index (χ1) is 10.1. The molecule has 0 spiro atoms. The molecule has 0 unspecified atom stereocenters. The highest BCUT2D eigenvalue weighted by molar-refractivity contribution is 5.85. The van der Waals surface area contributed by atoms with Crippen molar-refractivity contribution in [3.8, 4) is 0 Å². The van der Waals surface area contributed by atoms with Crippen molar-refractivity contribution in [3.05, 3.63) is 11.8 Å². The summed E-state index contributed by atoms with van der Waals surface area (Å²) in [4.78, 5) is 13.1. The maximum absolute atomic E-state index is 10.6. The van der Waals surface area contributed by atoms with Gasteiger partial charge in [-0.1, -0.05) is 6.42 Å². The molecule has 0 aromatic carbocycles. The lowest BCUT2D eigenvalue weighted by Crippen LogP contribution is -2.58. The number of hydrogen-bond acceptors (Lipinski definition) is 3. The summed E-state index contributed by atoms with van der Waals surface area (Å²) >= 11 is 0. The molecule has 0 saturated carbocycles. The van der Waals surface area contributed by atoms with Crippen LogP contribution in [0.3, 0.4) is 0 Å². The van der Waals surface area contributed by atoms with Crippen LogP contribution in [0.15, 0.2) is 11.8 Å². The first-order valence-electron chi connectivity index (χ1n) is 8.32. The molecule has 0 aromatic heterocycles. The van der Waals surface area contributed by atoms with Gasteiger partial charge in [0.15, 0.2) is 0 Å². The lowest BCUT2D eigenvalue weighted by molar-refractivity contribution is -0.132. The second-order valence-corrected chi connectivity index (χ2v) is 7.93. The number of aliphatic carboxylic acids is 1. The predicted molar refractivity (Wildman–Crippen MR) is 89.8 cm³/mol.